The fourth-order valence-electron chi connectivity index (χ4n) is 1.59. The summed E-state index contributed by atoms with van der Waals surface area (Å²) in [4.78, 5) is 12.4. The predicted molar refractivity (Wildman–Crippen MR) is 85.7 cm³/mol. The van der Waals surface area contributed by atoms with Gasteiger partial charge in [0.25, 0.3) is 0 Å². The van der Waals surface area contributed by atoms with Gasteiger partial charge in [-0.15, -0.1) is 12.6 Å². The van der Waals surface area contributed by atoms with Crippen molar-refractivity contribution < 1.29 is 9.22 Å². The van der Waals surface area contributed by atoms with Crippen LogP contribution in [-0.4, -0.2) is 14.1 Å². The van der Waals surface area contributed by atoms with Crippen LogP contribution in [0.5, 0.6) is 0 Å². The number of hydrogen-bond acceptors (Lipinski definition) is 3. The molecule has 4 heteroatoms. The molecule has 0 aromatic heterocycles. The number of ketones is 1. The summed E-state index contributed by atoms with van der Waals surface area (Å²) in [5.74, 6) is 0.0411. The summed E-state index contributed by atoms with van der Waals surface area (Å²) in [5, 5.41) is 0.169. The van der Waals surface area contributed by atoms with Crippen LogP contribution in [0, 0.1) is 0 Å². The summed E-state index contributed by atoms with van der Waals surface area (Å²) < 4.78 is 6.18. The van der Waals surface area contributed by atoms with Crippen LogP contribution in [0.1, 0.15) is 43.6 Å². The molecule has 0 fully saturated rings. The number of benzene rings is 1. The van der Waals surface area contributed by atoms with E-state index >= 15 is 0 Å². The predicted octanol–water partition coefficient (Wildman–Crippen LogP) is 4.70. The zero-order valence-corrected chi connectivity index (χ0v) is 14.6. The molecule has 19 heavy (non-hydrogen) atoms. The van der Waals surface area contributed by atoms with Crippen LogP contribution < -0.4 is 0 Å². The third kappa shape index (κ3) is 3.94. The molecule has 0 aliphatic carbocycles. The summed E-state index contributed by atoms with van der Waals surface area (Å²) in [6, 6.07) is 5.71. The summed E-state index contributed by atoms with van der Waals surface area (Å²) >= 11 is 4.36. The van der Waals surface area contributed by atoms with Gasteiger partial charge in [0.15, 0.2) is 14.1 Å². The molecular formula is C15H24O2SSi. The molecule has 0 unspecified atom stereocenters. The Morgan fingerprint density at radius 1 is 1.32 bits per heavy atom. The molecule has 0 saturated heterocycles. The number of hydrogen-bond donors (Lipinski definition) is 1. The third-order valence-electron chi connectivity index (χ3n) is 3.88. The van der Waals surface area contributed by atoms with Crippen molar-refractivity contribution in [2.75, 3.05) is 0 Å². The molecule has 1 rings (SSSR count). The van der Waals surface area contributed by atoms with E-state index < -0.39 is 8.32 Å². The second-order valence-corrected chi connectivity index (χ2v) is 11.7. The first-order valence-corrected chi connectivity index (χ1v) is 9.87. The van der Waals surface area contributed by atoms with Gasteiger partial charge in [-0.25, -0.2) is 0 Å². The highest BCUT2D eigenvalue weighted by Gasteiger charge is 2.37. The van der Waals surface area contributed by atoms with E-state index in [4.69, 9.17) is 4.43 Å². The highest BCUT2D eigenvalue weighted by molar-refractivity contribution is 7.80. The van der Waals surface area contributed by atoms with E-state index in [1.807, 2.05) is 18.2 Å². The first-order chi connectivity index (χ1) is 8.56. The Morgan fingerprint density at radius 3 is 2.37 bits per heavy atom. The Kier molecular flexibility index (Phi) is 5.04. The Morgan fingerprint density at radius 2 is 1.89 bits per heavy atom. The van der Waals surface area contributed by atoms with E-state index in [0.717, 1.165) is 10.5 Å². The number of thiol groups is 1. The molecule has 2 nitrogen and oxygen atoms in total. The number of carbonyl (C=O) groups is 1. The minimum absolute atomic E-state index is 0.0411. The van der Waals surface area contributed by atoms with E-state index in [9.17, 15) is 4.79 Å². The van der Waals surface area contributed by atoms with Gasteiger partial charge in [0.05, 0.1) is 6.61 Å². The zero-order chi connectivity index (χ0) is 14.8. The van der Waals surface area contributed by atoms with E-state index in [1.54, 1.807) is 6.92 Å². The molecule has 0 saturated carbocycles. The Hall–Kier alpha value is -0.583. The van der Waals surface area contributed by atoms with Crippen molar-refractivity contribution in [3.63, 3.8) is 0 Å². The molecule has 1 aromatic carbocycles. The molecule has 0 heterocycles. The second-order valence-electron chi connectivity index (χ2n) is 6.42. The molecule has 0 N–H and O–H groups in total. The SMILES string of the molecule is CC(=O)c1c(S)cccc1CO[Si](C)(C)C(C)(C)C. The third-order valence-corrected chi connectivity index (χ3v) is 8.73. The molecule has 1 aromatic rings. The van der Waals surface area contributed by atoms with Crippen LogP contribution in [-0.2, 0) is 11.0 Å². The normalized spacial score (nSPS) is 12.6. The van der Waals surface area contributed by atoms with Crippen LogP contribution in [0.15, 0.2) is 23.1 Å². The van der Waals surface area contributed by atoms with Gasteiger partial charge in [-0.2, -0.15) is 0 Å². The molecule has 0 spiro atoms. The Bertz CT molecular complexity index is 476. The highest BCUT2D eigenvalue weighted by Crippen LogP contribution is 2.37. The van der Waals surface area contributed by atoms with Crippen LogP contribution in [0.25, 0.3) is 0 Å². The quantitative estimate of drug-likeness (QED) is 0.495. The van der Waals surface area contributed by atoms with Gasteiger partial charge >= 0.3 is 0 Å². The van der Waals surface area contributed by atoms with Crippen LogP contribution >= 0.6 is 12.6 Å². The van der Waals surface area contributed by atoms with Crippen molar-refractivity contribution in [2.24, 2.45) is 0 Å². The maximum absolute atomic E-state index is 11.7. The molecule has 0 bridgehead atoms. The Labute approximate surface area is 123 Å². The van der Waals surface area contributed by atoms with Crippen molar-refractivity contribution in [2.45, 2.75) is 57.3 Å². The van der Waals surface area contributed by atoms with E-state index in [1.165, 1.54) is 0 Å². The van der Waals surface area contributed by atoms with E-state index in [-0.39, 0.29) is 10.8 Å². The fraction of sp³-hybridized carbons (Fsp3) is 0.533. The number of carbonyl (C=O) groups excluding carboxylic acids is 1. The molecule has 0 radical (unpaired) electrons. The van der Waals surface area contributed by atoms with Gasteiger partial charge < -0.3 is 4.43 Å². The number of Topliss-reactive ketones (excluding diaryl/α,β-unsaturated/α-hetero) is 1. The standard InChI is InChI=1S/C15H24O2SSi/c1-11(16)14-12(8-7-9-13(14)18)10-17-19(5,6)15(2,3)4/h7-9,18H,10H2,1-6H3. The van der Waals surface area contributed by atoms with Gasteiger partial charge in [0, 0.05) is 10.5 Å². The van der Waals surface area contributed by atoms with Crippen molar-refractivity contribution in [3.8, 4) is 0 Å². The fourth-order valence-corrected chi connectivity index (χ4v) is 2.92. The lowest BCUT2D eigenvalue weighted by molar-refractivity contribution is 0.101. The molecule has 0 aliphatic heterocycles. The van der Waals surface area contributed by atoms with Gasteiger partial charge in [-0.1, -0.05) is 32.9 Å². The van der Waals surface area contributed by atoms with Gasteiger partial charge in [-0.3, -0.25) is 4.79 Å². The second kappa shape index (κ2) is 5.81. The van der Waals surface area contributed by atoms with E-state index in [0.29, 0.717) is 12.2 Å². The highest BCUT2D eigenvalue weighted by atomic mass is 32.1. The average molecular weight is 297 g/mol. The van der Waals surface area contributed by atoms with Crippen LogP contribution in [0.2, 0.25) is 18.1 Å². The van der Waals surface area contributed by atoms with Crippen molar-refractivity contribution in [1.29, 1.82) is 0 Å². The van der Waals surface area contributed by atoms with Gasteiger partial charge in [0.2, 0.25) is 0 Å². The largest absolute Gasteiger partial charge is 0.413 e. The topological polar surface area (TPSA) is 26.3 Å². The minimum atomic E-state index is -1.80. The molecule has 106 valence electrons. The zero-order valence-electron chi connectivity index (χ0n) is 12.7. The van der Waals surface area contributed by atoms with Crippen molar-refractivity contribution >= 4 is 26.7 Å². The van der Waals surface area contributed by atoms with Crippen molar-refractivity contribution in [3.05, 3.63) is 29.3 Å². The van der Waals surface area contributed by atoms with Crippen LogP contribution in [0.4, 0.5) is 0 Å². The molecular weight excluding hydrogens is 272 g/mol. The lowest BCUT2D eigenvalue weighted by Crippen LogP contribution is -2.40. The minimum Gasteiger partial charge on any atom is -0.413 e. The molecule has 0 amide bonds. The Balaban J connectivity index is 2.97. The van der Waals surface area contributed by atoms with E-state index in [2.05, 4.69) is 46.5 Å². The van der Waals surface area contributed by atoms with Crippen molar-refractivity contribution in [1.82, 2.24) is 0 Å². The maximum Gasteiger partial charge on any atom is 0.192 e. The van der Waals surface area contributed by atoms with Gasteiger partial charge in [0.1, 0.15) is 0 Å². The van der Waals surface area contributed by atoms with Gasteiger partial charge in [-0.05, 0) is 36.7 Å². The maximum atomic E-state index is 11.7. The monoisotopic (exact) mass is 296 g/mol. The summed E-state index contributed by atoms with van der Waals surface area (Å²) in [6.07, 6.45) is 0. The summed E-state index contributed by atoms with van der Waals surface area (Å²) in [5.41, 5.74) is 1.62. The molecule has 0 atom stereocenters. The summed E-state index contributed by atoms with van der Waals surface area (Å²) in [7, 11) is -1.80. The molecule has 0 aliphatic rings. The number of rotatable bonds is 4. The first-order valence-electron chi connectivity index (χ1n) is 6.52. The summed E-state index contributed by atoms with van der Waals surface area (Å²) in [6.45, 7) is 13.1. The average Bonchev–Trinajstić information content (AvgIpc) is 2.24. The smallest absolute Gasteiger partial charge is 0.192 e. The van der Waals surface area contributed by atoms with Crippen LogP contribution in [0.3, 0.4) is 0 Å². The first kappa shape index (κ1) is 16.5. The lowest BCUT2D eigenvalue weighted by atomic mass is 10.1. The lowest BCUT2D eigenvalue weighted by Gasteiger charge is -2.36.